The van der Waals surface area contributed by atoms with Crippen LogP contribution < -0.4 is 5.73 Å². The predicted molar refractivity (Wildman–Crippen MR) is 49.3 cm³/mol. The van der Waals surface area contributed by atoms with Gasteiger partial charge in [0.1, 0.15) is 5.82 Å². The molecule has 0 radical (unpaired) electrons. The molecule has 0 amide bonds. The summed E-state index contributed by atoms with van der Waals surface area (Å²) in [7, 11) is 0. The molecule has 0 saturated carbocycles. The summed E-state index contributed by atoms with van der Waals surface area (Å²) >= 11 is 0. The highest BCUT2D eigenvalue weighted by Gasteiger charge is 2.06. The minimum absolute atomic E-state index is 0.402. The van der Waals surface area contributed by atoms with Crippen LogP contribution in [0.5, 0.6) is 0 Å². The zero-order chi connectivity index (χ0) is 9.42. The van der Waals surface area contributed by atoms with E-state index in [-0.39, 0.29) is 0 Å². The molecule has 13 heavy (non-hydrogen) atoms. The van der Waals surface area contributed by atoms with Gasteiger partial charge in [-0.2, -0.15) is 0 Å². The van der Waals surface area contributed by atoms with Crippen LogP contribution >= 0.6 is 0 Å². The second-order valence-corrected chi connectivity index (χ2v) is 2.92. The molecule has 0 aliphatic carbocycles. The number of hydrogen-bond donors (Lipinski definition) is 1. The quantitative estimate of drug-likeness (QED) is 0.691. The normalized spacial score (nSPS) is 10.9. The van der Waals surface area contributed by atoms with Crippen molar-refractivity contribution in [2.45, 2.75) is 20.3 Å². The molecule has 0 fully saturated rings. The lowest BCUT2D eigenvalue weighted by Gasteiger charge is -2.02. The van der Waals surface area contributed by atoms with Gasteiger partial charge in [-0.25, -0.2) is 9.38 Å². The number of anilines is 1. The highest BCUT2D eigenvalue weighted by molar-refractivity contribution is 5.44. The van der Waals surface area contributed by atoms with Crippen molar-refractivity contribution in [3.8, 4) is 0 Å². The third-order valence-corrected chi connectivity index (χ3v) is 1.93. The molecule has 0 bridgehead atoms. The number of aryl methyl sites for hydroxylation is 2. The first-order chi connectivity index (χ1) is 6.22. The molecule has 0 spiro atoms. The summed E-state index contributed by atoms with van der Waals surface area (Å²) in [6.07, 6.45) is 0.820. The molecule has 68 valence electrons. The molecule has 2 aromatic heterocycles. The fourth-order valence-corrected chi connectivity index (χ4v) is 1.38. The van der Waals surface area contributed by atoms with Crippen LogP contribution in [0.15, 0.2) is 6.07 Å². The van der Waals surface area contributed by atoms with Crippen molar-refractivity contribution in [2.24, 2.45) is 0 Å². The van der Waals surface area contributed by atoms with E-state index < -0.39 is 0 Å². The SMILES string of the molecule is CCc1nc(C)cc2nnc(N)n12. The van der Waals surface area contributed by atoms with Crippen molar-refractivity contribution < 1.29 is 0 Å². The van der Waals surface area contributed by atoms with Crippen LogP contribution in [0, 0.1) is 6.92 Å². The van der Waals surface area contributed by atoms with E-state index in [1.165, 1.54) is 0 Å². The fraction of sp³-hybridized carbons (Fsp3) is 0.375. The lowest BCUT2D eigenvalue weighted by atomic mass is 10.4. The number of fused-ring (bicyclic) bond motifs is 1. The van der Waals surface area contributed by atoms with Crippen molar-refractivity contribution in [3.63, 3.8) is 0 Å². The zero-order valence-electron chi connectivity index (χ0n) is 7.65. The maximum absolute atomic E-state index is 5.65. The third kappa shape index (κ3) is 1.12. The van der Waals surface area contributed by atoms with Crippen LogP contribution in [0.1, 0.15) is 18.4 Å². The first-order valence-electron chi connectivity index (χ1n) is 4.19. The van der Waals surface area contributed by atoms with Crippen molar-refractivity contribution >= 4 is 11.6 Å². The Morgan fingerprint density at radius 2 is 2.23 bits per heavy atom. The van der Waals surface area contributed by atoms with E-state index in [4.69, 9.17) is 5.73 Å². The van der Waals surface area contributed by atoms with E-state index in [1.807, 2.05) is 19.9 Å². The lowest BCUT2D eigenvalue weighted by molar-refractivity contribution is 0.883. The van der Waals surface area contributed by atoms with E-state index in [2.05, 4.69) is 15.2 Å². The predicted octanol–water partition coefficient (Wildman–Crippen LogP) is 0.577. The Morgan fingerprint density at radius 3 is 2.92 bits per heavy atom. The van der Waals surface area contributed by atoms with Gasteiger partial charge in [-0.1, -0.05) is 6.92 Å². The largest absolute Gasteiger partial charge is 0.368 e. The molecular formula is C8H11N5. The van der Waals surface area contributed by atoms with E-state index >= 15 is 0 Å². The number of nitrogen functional groups attached to an aromatic ring is 1. The number of aromatic nitrogens is 4. The van der Waals surface area contributed by atoms with Gasteiger partial charge in [-0.3, -0.25) is 0 Å². The maximum atomic E-state index is 5.65. The van der Waals surface area contributed by atoms with Crippen LogP contribution in [-0.2, 0) is 6.42 Å². The summed E-state index contributed by atoms with van der Waals surface area (Å²) in [6.45, 7) is 3.96. The van der Waals surface area contributed by atoms with Gasteiger partial charge < -0.3 is 5.73 Å². The highest BCUT2D eigenvalue weighted by Crippen LogP contribution is 2.09. The molecule has 5 nitrogen and oxygen atoms in total. The second kappa shape index (κ2) is 2.69. The molecule has 0 aliphatic heterocycles. The fourth-order valence-electron chi connectivity index (χ4n) is 1.38. The van der Waals surface area contributed by atoms with Crippen LogP contribution in [0.2, 0.25) is 0 Å². The minimum Gasteiger partial charge on any atom is -0.368 e. The molecule has 0 aliphatic rings. The summed E-state index contributed by atoms with van der Waals surface area (Å²) in [5, 5.41) is 7.73. The summed E-state index contributed by atoms with van der Waals surface area (Å²) in [6, 6.07) is 1.86. The lowest BCUT2D eigenvalue weighted by Crippen LogP contribution is -2.04. The summed E-state index contributed by atoms with van der Waals surface area (Å²) in [4.78, 5) is 4.36. The van der Waals surface area contributed by atoms with Crippen molar-refractivity contribution in [3.05, 3.63) is 17.6 Å². The molecule has 0 unspecified atom stereocenters. The molecule has 0 atom stereocenters. The monoisotopic (exact) mass is 177 g/mol. The number of rotatable bonds is 1. The average Bonchev–Trinajstić information content (AvgIpc) is 2.46. The molecule has 0 saturated heterocycles. The minimum atomic E-state index is 0.402. The Bertz CT molecular complexity index is 445. The zero-order valence-corrected chi connectivity index (χ0v) is 7.65. The van der Waals surface area contributed by atoms with E-state index in [1.54, 1.807) is 4.40 Å². The van der Waals surface area contributed by atoms with Crippen molar-refractivity contribution in [1.29, 1.82) is 0 Å². The molecule has 2 N–H and O–H groups in total. The smallest absolute Gasteiger partial charge is 0.227 e. The molecule has 0 aromatic carbocycles. The molecule has 2 heterocycles. The Labute approximate surface area is 75.6 Å². The van der Waals surface area contributed by atoms with Crippen LogP contribution in [0.3, 0.4) is 0 Å². The van der Waals surface area contributed by atoms with Gasteiger partial charge in [0, 0.05) is 18.2 Å². The highest BCUT2D eigenvalue weighted by atomic mass is 15.3. The Hall–Kier alpha value is -1.65. The number of hydrogen-bond acceptors (Lipinski definition) is 4. The average molecular weight is 177 g/mol. The van der Waals surface area contributed by atoms with Crippen molar-refractivity contribution in [2.75, 3.05) is 5.73 Å². The maximum Gasteiger partial charge on any atom is 0.227 e. The van der Waals surface area contributed by atoms with Crippen LogP contribution in [-0.4, -0.2) is 19.6 Å². The molecular weight excluding hydrogens is 166 g/mol. The molecule has 2 rings (SSSR count). The summed E-state index contributed by atoms with van der Waals surface area (Å²) in [5.41, 5.74) is 7.36. The van der Waals surface area contributed by atoms with Gasteiger partial charge in [0.2, 0.25) is 5.95 Å². The van der Waals surface area contributed by atoms with E-state index in [9.17, 15) is 0 Å². The molecule has 2 aromatic rings. The van der Waals surface area contributed by atoms with Gasteiger partial charge in [-0.15, -0.1) is 10.2 Å². The van der Waals surface area contributed by atoms with Crippen LogP contribution in [0.4, 0.5) is 5.95 Å². The van der Waals surface area contributed by atoms with Crippen molar-refractivity contribution in [1.82, 2.24) is 19.6 Å². The van der Waals surface area contributed by atoms with Gasteiger partial charge in [0.15, 0.2) is 5.65 Å². The number of nitrogens with two attached hydrogens (primary N) is 1. The standard InChI is InChI=1S/C8H11N5/c1-3-6-10-5(2)4-7-11-12-8(9)13(6)7/h4H,3H2,1-2H3,(H2,9,12). The Balaban J connectivity index is 2.85. The third-order valence-electron chi connectivity index (χ3n) is 1.93. The Morgan fingerprint density at radius 1 is 1.46 bits per heavy atom. The van der Waals surface area contributed by atoms with Gasteiger partial charge >= 0.3 is 0 Å². The Kier molecular flexibility index (Phi) is 1.65. The van der Waals surface area contributed by atoms with E-state index in [0.717, 1.165) is 23.6 Å². The number of nitrogens with zero attached hydrogens (tertiary/aromatic N) is 4. The van der Waals surface area contributed by atoms with Gasteiger partial charge in [-0.05, 0) is 6.92 Å². The van der Waals surface area contributed by atoms with Gasteiger partial charge in [0.05, 0.1) is 0 Å². The molecule has 5 heteroatoms. The topological polar surface area (TPSA) is 69.1 Å². The first-order valence-corrected chi connectivity index (χ1v) is 4.19. The summed E-state index contributed by atoms with van der Waals surface area (Å²) < 4.78 is 1.77. The second-order valence-electron chi connectivity index (χ2n) is 2.92. The summed E-state index contributed by atoms with van der Waals surface area (Å²) in [5.74, 6) is 1.30. The van der Waals surface area contributed by atoms with Gasteiger partial charge in [0.25, 0.3) is 0 Å². The van der Waals surface area contributed by atoms with Crippen LogP contribution in [0.25, 0.3) is 5.65 Å². The first kappa shape index (κ1) is 7.97. The van der Waals surface area contributed by atoms with E-state index in [0.29, 0.717) is 5.95 Å².